The minimum Gasteiger partial charge on any atom is -0.422 e. The number of fused-ring (bicyclic) bond motifs is 1. The van der Waals surface area contributed by atoms with E-state index >= 15 is 0 Å². The predicted molar refractivity (Wildman–Crippen MR) is 85.4 cm³/mol. The van der Waals surface area contributed by atoms with Gasteiger partial charge < -0.3 is 14.3 Å². The molecule has 1 aliphatic heterocycles. The molecule has 2 aromatic rings. The van der Waals surface area contributed by atoms with E-state index in [0.717, 1.165) is 0 Å². The van der Waals surface area contributed by atoms with Crippen molar-refractivity contribution in [2.24, 2.45) is 0 Å². The van der Waals surface area contributed by atoms with Gasteiger partial charge in [-0.15, -0.1) is 0 Å². The lowest BCUT2D eigenvalue weighted by Crippen LogP contribution is -2.34. The maximum absolute atomic E-state index is 12.0. The predicted octanol–water partition coefficient (Wildman–Crippen LogP) is 2.56. The molecular weight excluding hydrogens is 318 g/mol. The van der Waals surface area contributed by atoms with Crippen LogP contribution in [0, 0.1) is 11.3 Å². The molecule has 0 radical (unpaired) electrons. The maximum atomic E-state index is 12.0. The standard InChI is InChI=1S/C17H14ClNO4/c1-9-15(20)4-3-11(22-9)7-12-13-6-10(18)2-5-16(13)23-17(21)14(12)8-19/h2-6,9,11,15,20H,7H2,1H3/t9-,11-,15-/m0/s1. The van der Waals surface area contributed by atoms with Gasteiger partial charge in [0.05, 0.1) is 18.3 Å². The van der Waals surface area contributed by atoms with Crippen molar-refractivity contribution in [1.29, 1.82) is 5.26 Å². The zero-order valence-corrected chi connectivity index (χ0v) is 13.1. The topological polar surface area (TPSA) is 83.5 Å². The van der Waals surface area contributed by atoms with Crippen LogP contribution in [0.15, 0.2) is 39.6 Å². The number of benzene rings is 1. The number of hydrogen-bond acceptors (Lipinski definition) is 5. The van der Waals surface area contributed by atoms with Crippen molar-refractivity contribution in [3.8, 4) is 6.07 Å². The summed E-state index contributed by atoms with van der Waals surface area (Å²) in [5.41, 5.74) is 0.196. The Labute approximate surface area is 137 Å². The summed E-state index contributed by atoms with van der Waals surface area (Å²) in [4.78, 5) is 12.0. The van der Waals surface area contributed by atoms with Gasteiger partial charge in [-0.2, -0.15) is 5.26 Å². The van der Waals surface area contributed by atoms with Gasteiger partial charge >= 0.3 is 5.63 Å². The molecule has 1 N–H and O–H groups in total. The Morgan fingerprint density at radius 2 is 2.17 bits per heavy atom. The number of halogens is 1. The molecule has 6 heteroatoms. The normalized spacial score (nSPS) is 23.8. The molecule has 1 aromatic heterocycles. The van der Waals surface area contributed by atoms with E-state index in [1.807, 2.05) is 6.07 Å². The first-order valence-electron chi connectivity index (χ1n) is 7.17. The van der Waals surface area contributed by atoms with E-state index in [9.17, 15) is 15.2 Å². The van der Waals surface area contributed by atoms with E-state index in [4.69, 9.17) is 20.8 Å². The number of nitrogens with zero attached hydrogens (tertiary/aromatic N) is 1. The fourth-order valence-corrected chi connectivity index (χ4v) is 2.85. The van der Waals surface area contributed by atoms with Crippen LogP contribution in [0.1, 0.15) is 18.1 Å². The van der Waals surface area contributed by atoms with Gasteiger partial charge in [0.25, 0.3) is 0 Å². The van der Waals surface area contributed by atoms with Gasteiger partial charge in [-0.05, 0) is 30.7 Å². The van der Waals surface area contributed by atoms with Crippen LogP contribution in [0.2, 0.25) is 5.02 Å². The van der Waals surface area contributed by atoms with Crippen molar-refractivity contribution >= 4 is 22.6 Å². The SMILES string of the molecule is C[C@@H]1O[C@H](Cc2c(C#N)c(=O)oc3ccc(Cl)cc23)C=C[C@@H]1O. The minimum absolute atomic E-state index is 0.0458. The second kappa shape index (κ2) is 6.17. The van der Waals surface area contributed by atoms with Gasteiger partial charge in [-0.1, -0.05) is 23.8 Å². The molecule has 0 spiro atoms. The highest BCUT2D eigenvalue weighted by Gasteiger charge is 2.24. The third kappa shape index (κ3) is 3.02. The molecule has 0 saturated heterocycles. The summed E-state index contributed by atoms with van der Waals surface area (Å²) in [6, 6.07) is 6.80. The van der Waals surface area contributed by atoms with E-state index in [-0.39, 0.29) is 17.8 Å². The van der Waals surface area contributed by atoms with Gasteiger partial charge in [-0.25, -0.2) is 4.79 Å². The third-order valence-electron chi connectivity index (χ3n) is 3.89. The average molecular weight is 332 g/mol. The number of hydrogen-bond donors (Lipinski definition) is 1. The van der Waals surface area contributed by atoms with Crippen molar-refractivity contribution in [3.05, 3.63) is 56.9 Å². The molecule has 1 aromatic carbocycles. The Hall–Kier alpha value is -2.13. The van der Waals surface area contributed by atoms with Crippen LogP contribution >= 0.6 is 11.6 Å². The van der Waals surface area contributed by atoms with E-state index < -0.39 is 11.7 Å². The summed E-state index contributed by atoms with van der Waals surface area (Å²) in [7, 11) is 0. The summed E-state index contributed by atoms with van der Waals surface area (Å²) in [5, 5.41) is 20.1. The zero-order valence-electron chi connectivity index (χ0n) is 12.3. The van der Waals surface area contributed by atoms with E-state index in [1.54, 1.807) is 37.3 Å². The summed E-state index contributed by atoms with van der Waals surface area (Å²) >= 11 is 6.03. The molecule has 0 bridgehead atoms. The molecular formula is C17H14ClNO4. The lowest BCUT2D eigenvalue weighted by molar-refractivity contribution is -0.0450. The minimum atomic E-state index is -0.676. The zero-order chi connectivity index (χ0) is 16.6. The Balaban J connectivity index is 2.12. The maximum Gasteiger partial charge on any atom is 0.354 e. The number of nitriles is 1. The first-order chi connectivity index (χ1) is 11.0. The summed E-state index contributed by atoms with van der Waals surface area (Å²) in [6.45, 7) is 1.76. The highest BCUT2D eigenvalue weighted by molar-refractivity contribution is 6.31. The molecule has 2 heterocycles. The summed E-state index contributed by atoms with van der Waals surface area (Å²) in [6.07, 6.45) is 2.35. The van der Waals surface area contributed by atoms with Crippen LogP contribution in [0.25, 0.3) is 11.0 Å². The Morgan fingerprint density at radius 3 is 2.87 bits per heavy atom. The lowest BCUT2D eigenvalue weighted by Gasteiger charge is -2.27. The molecule has 23 heavy (non-hydrogen) atoms. The molecule has 1 aliphatic rings. The molecule has 5 nitrogen and oxygen atoms in total. The van der Waals surface area contributed by atoms with Crippen molar-refractivity contribution in [1.82, 2.24) is 0 Å². The van der Waals surface area contributed by atoms with Crippen molar-refractivity contribution < 1.29 is 14.3 Å². The number of aliphatic hydroxyl groups is 1. The monoisotopic (exact) mass is 331 g/mol. The summed E-state index contributed by atoms with van der Waals surface area (Å²) < 4.78 is 10.9. The lowest BCUT2D eigenvalue weighted by atomic mass is 9.97. The third-order valence-corrected chi connectivity index (χ3v) is 4.12. The van der Waals surface area contributed by atoms with Crippen LogP contribution < -0.4 is 5.63 Å². The average Bonchev–Trinajstić information content (AvgIpc) is 2.52. The van der Waals surface area contributed by atoms with Crippen molar-refractivity contribution in [2.75, 3.05) is 0 Å². The van der Waals surface area contributed by atoms with Crippen molar-refractivity contribution in [2.45, 2.75) is 31.7 Å². The van der Waals surface area contributed by atoms with E-state index in [1.165, 1.54) is 0 Å². The van der Waals surface area contributed by atoms with Gasteiger partial charge in [-0.3, -0.25) is 0 Å². The van der Waals surface area contributed by atoms with Crippen LogP contribution in [0.4, 0.5) is 0 Å². The molecule has 0 unspecified atom stereocenters. The summed E-state index contributed by atoms with van der Waals surface area (Å²) in [5.74, 6) is 0. The smallest absolute Gasteiger partial charge is 0.354 e. The fraction of sp³-hybridized carbons (Fsp3) is 0.294. The molecule has 118 valence electrons. The molecule has 0 aliphatic carbocycles. The van der Waals surface area contributed by atoms with Crippen LogP contribution in [0.5, 0.6) is 0 Å². The van der Waals surface area contributed by atoms with Crippen LogP contribution in [0.3, 0.4) is 0 Å². The van der Waals surface area contributed by atoms with Crippen molar-refractivity contribution in [3.63, 3.8) is 0 Å². The first kappa shape index (κ1) is 15.8. The quantitative estimate of drug-likeness (QED) is 0.675. The second-order valence-electron chi connectivity index (χ2n) is 5.45. The molecule has 3 rings (SSSR count). The molecule has 3 atom stereocenters. The largest absolute Gasteiger partial charge is 0.422 e. The Kier molecular flexibility index (Phi) is 4.22. The van der Waals surface area contributed by atoms with E-state index in [2.05, 4.69) is 0 Å². The van der Waals surface area contributed by atoms with Gasteiger partial charge in [0, 0.05) is 16.8 Å². The fourth-order valence-electron chi connectivity index (χ4n) is 2.67. The molecule has 0 amide bonds. The number of aliphatic hydroxyl groups excluding tert-OH is 1. The van der Waals surface area contributed by atoms with Crippen LogP contribution in [-0.4, -0.2) is 23.4 Å². The highest BCUT2D eigenvalue weighted by atomic mass is 35.5. The highest BCUT2D eigenvalue weighted by Crippen LogP contribution is 2.26. The van der Waals surface area contributed by atoms with Gasteiger partial charge in [0.2, 0.25) is 0 Å². The van der Waals surface area contributed by atoms with Gasteiger partial charge in [0.1, 0.15) is 17.2 Å². The number of rotatable bonds is 2. The van der Waals surface area contributed by atoms with Crippen LogP contribution in [-0.2, 0) is 11.2 Å². The molecule has 0 fully saturated rings. The number of ether oxygens (including phenoxy) is 1. The van der Waals surface area contributed by atoms with Gasteiger partial charge in [0.15, 0.2) is 0 Å². The van der Waals surface area contributed by atoms with E-state index in [0.29, 0.717) is 28.0 Å². The Morgan fingerprint density at radius 1 is 1.39 bits per heavy atom. The Bertz CT molecular complexity index is 881. The first-order valence-corrected chi connectivity index (χ1v) is 7.54. The molecule has 0 saturated carbocycles. The second-order valence-corrected chi connectivity index (χ2v) is 5.89.